The Morgan fingerprint density at radius 3 is 2.50 bits per heavy atom. The van der Waals surface area contributed by atoms with Gasteiger partial charge in [0.25, 0.3) is 0 Å². The van der Waals surface area contributed by atoms with Crippen molar-refractivity contribution < 1.29 is 0 Å². The molecule has 0 spiro atoms. The molecule has 1 aliphatic heterocycles. The van der Waals surface area contributed by atoms with Crippen molar-refractivity contribution in [2.24, 2.45) is 5.92 Å². The summed E-state index contributed by atoms with van der Waals surface area (Å²) in [4.78, 5) is 10.7. The van der Waals surface area contributed by atoms with Gasteiger partial charge < -0.3 is 9.88 Å². The van der Waals surface area contributed by atoms with Crippen LogP contribution >= 0.6 is 0 Å². The van der Waals surface area contributed by atoms with Crippen LogP contribution in [-0.2, 0) is 12.8 Å². The molecule has 1 aliphatic rings. The molecular formula is C21H31N3. The molecule has 0 radical (unpaired) electrons. The van der Waals surface area contributed by atoms with Crippen LogP contribution in [-0.4, -0.2) is 34.5 Å². The van der Waals surface area contributed by atoms with Gasteiger partial charge in [-0.1, -0.05) is 30.3 Å². The maximum Gasteiger partial charge on any atom is 0.106 e. The first-order valence-electron chi connectivity index (χ1n) is 9.49. The average Bonchev–Trinajstić information content (AvgIpc) is 2.93. The number of hydrogen-bond acceptors (Lipinski definition) is 2. The quantitative estimate of drug-likeness (QED) is 0.823. The predicted octanol–water partition coefficient (Wildman–Crippen LogP) is 4.30. The van der Waals surface area contributed by atoms with Gasteiger partial charge in [0.1, 0.15) is 5.82 Å². The number of benzene rings is 1. The van der Waals surface area contributed by atoms with Crippen LogP contribution in [0, 0.1) is 19.8 Å². The molecule has 3 heteroatoms. The van der Waals surface area contributed by atoms with Crippen molar-refractivity contribution in [3.05, 3.63) is 53.1 Å². The van der Waals surface area contributed by atoms with Crippen molar-refractivity contribution in [2.45, 2.75) is 52.4 Å². The Hall–Kier alpha value is -1.61. The largest absolute Gasteiger partial charge is 0.346 e. The molecule has 0 atom stereocenters. The number of aromatic nitrogens is 2. The van der Waals surface area contributed by atoms with Crippen molar-refractivity contribution in [1.82, 2.24) is 14.9 Å². The van der Waals surface area contributed by atoms with E-state index in [-0.39, 0.29) is 0 Å². The number of imidazole rings is 1. The molecule has 3 rings (SSSR count). The molecule has 1 fully saturated rings. The molecular weight excluding hydrogens is 294 g/mol. The smallest absolute Gasteiger partial charge is 0.106 e. The van der Waals surface area contributed by atoms with Crippen molar-refractivity contribution in [1.29, 1.82) is 0 Å². The molecule has 0 amide bonds. The maximum absolute atomic E-state index is 4.61. The van der Waals surface area contributed by atoms with E-state index in [4.69, 9.17) is 0 Å². The molecule has 1 N–H and O–H groups in total. The zero-order chi connectivity index (χ0) is 16.8. The minimum absolute atomic E-state index is 0.876. The van der Waals surface area contributed by atoms with Crippen LogP contribution in [0.15, 0.2) is 30.3 Å². The van der Waals surface area contributed by atoms with Gasteiger partial charge in [-0.15, -0.1) is 0 Å². The highest BCUT2D eigenvalue weighted by molar-refractivity contribution is 5.14. The molecule has 3 nitrogen and oxygen atoms in total. The fourth-order valence-electron chi connectivity index (χ4n) is 3.73. The number of likely N-dealkylation sites (tertiary alicyclic amines) is 1. The van der Waals surface area contributed by atoms with Crippen LogP contribution in [0.1, 0.15) is 48.5 Å². The fourth-order valence-corrected chi connectivity index (χ4v) is 3.73. The summed E-state index contributed by atoms with van der Waals surface area (Å²) >= 11 is 0. The standard InChI is InChI=1S/C21H31N3/c1-17-18(2)23-21(22-17)11-10-20-12-15-24(16-13-20)14-6-9-19-7-4-3-5-8-19/h3-5,7-8,20H,6,9-16H2,1-2H3,(H,22,23). The molecule has 24 heavy (non-hydrogen) atoms. The van der Waals surface area contributed by atoms with E-state index in [1.54, 1.807) is 0 Å². The van der Waals surface area contributed by atoms with E-state index in [0.29, 0.717) is 0 Å². The van der Waals surface area contributed by atoms with Crippen LogP contribution in [0.2, 0.25) is 0 Å². The van der Waals surface area contributed by atoms with Gasteiger partial charge in [0.15, 0.2) is 0 Å². The highest BCUT2D eigenvalue weighted by Gasteiger charge is 2.19. The summed E-state index contributed by atoms with van der Waals surface area (Å²) in [5.74, 6) is 2.05. The van der Waals surface area contributed by atoms with Crippen molar-refractivity contribution in [3.8, 4) is 0 Å². The third-order valence-corrected chi connectivity index (χ3v) is 5.46. The van der Waals surface area contributed by atoms with E-state index in [2.05, 4.69) is 59.0 Å². The van der Waals surface area contributed by atoms with Gasteiger partial charge >= 0.3 is 0 Å². The van der Waals surface area contributed by atoms with Crippen molar-refractivity contribution in [3.63, 3.8) is 0 Å². The van der Waals surface area contributed by atoms with Crippen molar-refractivity contribution in [2.75, 3.05) is 19.6 Å². The highest BCUT2D eigenvalue weighted by atomic mass is 15.1. The highest BCUT2D eigenvalue weighted by Crippen LogP contribution is 2.22. The minimum atomic E-state index is 0.876. The van der Waals surface area contributed by atoms with Crippen LogP contribution in [0.4, 0.5) is 0 Å². The number of rotatable bonds is 7. The molecule has 1 aromatic heterocycles. The molecule has 1 aromatic carbocycles. The van der Waals surface area contributed by atoms with Gasteiger partial charge in [-0.3, -0.25) is 0 Å². The summed E-state index contributed by atoms with van der Waals surface area (Å²) < 4.78 is 0. The lowest BCUT2D eigenvalue weighted by atomic mass is 9.92. The maximum atomic E-state index is 4.61. The first-order chi connectivity index (χ1) is 11.7. The zero-order valence-corrected chi connectivity index (χ0v) is 15.2. The molecule has 0 aliphatic carbocycles. The molecule has 2 heterocycles. The molecule has 0 bridgehead atoms. The number of nitrogens with one attached hydrogen (secondary N) is 1. The van der Waals surface area contributed by atoms with Gasteiger partial charge in [0.2, 0.25) is 0 Å². The van der Waals surface area contributed by atoms with Crippen LogP contribution in [0.3, 0.4) is 0 Å². The van der Waals surface area contributed by atoms with Gasteiger partial charge in [-0.2, -0.15) is 0 Å². The Morgan fingerprint density at radius 2 is 1.83 bits per heavy atom. The Bertz CT molecular complexity index is 590. The summed E-state index contributed by atoms with van der Waals surface area (Å²) in [6.45, 7) is 7.99. The topological polar surface area (TPSA) is 31.9 Å². The summed E-state index contributed by atoms with van der Waals surface area (Å²) in [5, 5.41) is 0. The average molecular weight is 326 g/mol. The van der Waals surface area contributed by atoms with Crippen LogP contribution < -0.4 is 0 Å². The van der Waals surface area contributed by atoms with E-state index < -0.39 is 0 Å². The van der Waals surface area contributed by atoms with Gasteiger partial charge in [-0.25, -0.2) is 4.98 Å². The molecule has 130 valence electrons. The molecule has 0 saturated carbocycles. The fraction of sp³-hybridized carbons (Fsp3) is 0.571. The number of aromatic amines is 1. The normalized spacial score (nSPS) is 16.6. The first kappa shape index (κ1) is 17.2. The number of nitrogens with zero attached hydrogens (tertiary/aromatic N) is 2. The van der Waals surface area contributed by atoms with Crippen molar-refractivity contribution >= 4 is 0 Å². The lowest BCUT2D eigenvalue weighted by Gasteiger charge is -2.31. The summed E-state index contributed by atoms with van der Waals surface area (Å²) in [5.41, 5.74) is 3.84. The predicted molar refractivity (Wildman–Crippen MR) is 100 cm³/mol. The molecule has 2 aromatic rings. The molecule has 1 saturated heterocycles. The van der Waals surface area contributed by atoms with Crippen LogP contribution in [0.5, 0.6) is 0 Å². The minimum Gasteiger partial charge on any atom is -0.346 e. The van der Waals surface area contributed by atoms with E-state index in [1.165, 1.54) is 68.8 Å². The van der Waals surface area contributed by atoms with Gasteiger partial charge in [0.05, 0.1) is 5.69 Å². The number of hydrogen-bond donors (Lipinski definition) is 1. The second-order valence-electron chi connectivity index (χ2n) is 7.31. The van der Waals surface area contributed by atoms with E-state index in [0.717, 1.165) is 18.0 Å². The second-order valence-corrected chi connectivity index (χ2v) is 7.31. The number of aryl methyl sites for hydroxylation is 4. The van der Waals surface area contributed by atoms with E-state index in [9.17, 15) is 0 Å². The first-order valence-corrected chi connectivity index (χ1v) is 9.49. The molecule has 0 unspecified atom stereocenters. The van der Waals surface area contributed by atoms with Crippen LogP contribution in [0.25, 0.3) is 0 Å². The van der Waals surface area contributed by atoms with E-state index in [1.807, 2.05) is 0 Å². The number of H-pyrrole nitrogens is 1. The third-order valence-electron chi connectivity index (χ3n) is 5.46. The summed E-state index contributed by atoms with van der Waals surface area (Å²) in [6.07, 6.45) is 7.57. The SMILES string of the molecule is Cc1nc(CCC2CCN(CCCc3ccccc3)CC2)[nH]c1C. The lowest BCUT2D eigenvalue weighted by Crippen LogP contribution is -2.34. The Balaban J connectivity index is 1.32. The number of piperidine rings is 1. The second kappa shape index (κ2) is 8.48. The monoisotopic (exact) mass is 325 g/mol. The summed E-state index contributed by atoms with van der Waals surface area (Å²) in [6, 6.07) is 10.9. The van der Waals surface area contributed by atoms with Gasteiger partial charge in [0, 0.05) is 12.1 Å². The van der Waals surface area contributed by atoms with Gasteiger partial charge in [-0.05, 0) is 77.1 Å². The Kier molecular flexibility index (Phi) is 6.08. The van der Waals surface area contributed by atoms with E-state index >= 15 is 0 Å². The lowest BCUT2D eigenvalue weighted by molar-refractivity contribution is 0.177. The Morgan fingerprint density at radius 1 is 1.08 bits per heavy atom. The summed E-state index contributed by atoms with van der Waals surface area (Å²) in [7, 11) is 0. The Labute approximate surface area is 146 Å². The zero-order valence-electron chi connectivity index (χ0n) is 15.2. The third kappa shape index (κ3) is 4.94.